The van der Waals surface area contributed by atoms with Crippen LogP contribution >= 0.6 is 23.2 Å². The molecule has 11 heteroatoms. The van der Waals surface area contributed by atoms with Crippen LogP contribution in [0.5, 0.6) is 0 Å². The van der Waals surface area contributed by atoms with Crippen molar-refractivity contribution in [1.29, 1.82) is 0 Å². The lowest BCUT2D eigenvalue weighted by Gasteiger charge is -2.28. The number of imide groups is 1. The van der Waals surface area contributed by atoms with Crippen LogP contribution in [-0.4, -0.2) is 46.2 Å². The van der Waals surface area contributed by atoms with Gasteiger partial charge in [-0.2, -0.15) is 0 Å². The van der Waals surface area contributed by atoms with Crippen molar-refractivity contribution in [3.8, 4) is 0 Å². The molecule has 0 spiro atoms. The summed E-state index contributed by atoms with van der Waals surface area (Å²) >= 11 is 12.4. The molecule has 32 heavy (non-hydrogen) atoms. The normalized spacial score (nSPS) is 24.9. The molecule has 0 unspecified atom stereocenters. The second kappa shape index (κ2) is 8.91. The maximum absolute atomic E-state index is 12.9. The predicted molar refractivity (Wildman–Crippen MR) is 115 cm³/mol. The Labute approximate surface area is 192 Å². The Balaban J connectivity index is 1.43. The largest absolute Gasteiger partial charge is 0.452 e. The predicted octanol–water partition coefficient (Wildman–Crippen LogP) is 2.89. The van der Waals surface area contributed by atoms with E-state index in [4.69, 9.17) is 32.5 Å². The molecule has 1 N–H and O–H groups in total. The summed E-state index contributed by atoms with van der Waals surface area (Å²) < 4.78 is 9.87. The molecule has 1 aliphatic heterocycles. The Morgan fingerprint density at radius 1 is 1.16 bits per heavy atom. The zero-order chi connectivity index (χ0) is 23.0. The smallest absolute Gasteiger partial charge is 0.338 e. The van der Waals surface area contributed by atoms with Crippen LogP contribution in [0.2, 0.25) is 0 Å². The van der Waals surface area contributed by atoms with Crippen LogP contribution in [0.1, 0.15) is 29.0 Å². The van der Waals surface area contributed by atoms with Gasteiger partial charge in [0.15, 0.2) is 12.4 Å². The summed E-state index contributed by atoms with van der Waals surface area (Å²) in [5.41, 5.74) is 0.345. The number of ether oxygens (including phenoxy) is 1. The molecule has 0 radical (unpaired) electrons. The van der Waals surface area contributed by atoms with Gasteiger partial charge in [-0.15, -0.1) is 23.2 Å². The first-order chi connectivity index (χ1) is 15.2. The molecule has 1 aromatic carbocycles. The summed E-state index contributed by atoms with van der Waals surface area (Å²) in [6.07, 6.45) is 0.646. The molecule has 4 atom stereocenters. The zero-order valence-electron chi connectivity index (χ0n) is 16.9. The number of fused-ring (bicyclic) bond motifs is 1. The van der Waals surface area contributed by atoms with Crippen molar-refractivity contribution in [3.05, 3.63) is 41.7 Å². The van der Waals surface area contributed by atoms with E-state index in [9.17, 15) is 19.2 Å². The van der Waals surface area contributed by atoms with Gasteiger partial charge in [-0.3, -0.25) is 19.3 Å². The van der Waals surface area contributed by atoms with Crippen LogP contribution in [0.25, 0.3) is 0 Å². The molecule has 2 heterocycles. The number of amides is 3. The van der Waals surface area contributed by atoms with E-state index in [1.807, 2.05) is 0 Å². The van der Waals surface area contributed by atoms with Gasteiger partial charge in [-0.25, -0.2) is 4.79 Å². The molecule has 2 aliphatic rings. The van der Waals surface area contributed by atoms with E-state index in [1.54, 1.807) is 13.0 Å². The number of hydrogen-bond donors (Lipinski definition) is 1. The topological polar surface area (TPSA) is 119 Å². The van der Waals surface area contributed by atoms with E-state index >= 15 is 0 Å². The van der Waals surface area contributed by atoms with Crippen LogP contribution in [0.4, 0.5) is 11.5 Å². The monoisotopic (exact) mass is 479 g/mol. The number of anilines is 2. The van der Waals surface area contributed by atoms with Crippen molar-refractivity contribution in [1.82, 2.24) is 5.16 Å². The number of hydrogen-bond acceptors (Lipinski definition) is 7. The maximum atomic E-state index is 12.9. The molecule has 168 valence electrons. The summed E-state index contributed by atoms with van der Waals surface area (Å²) in [5.74, 6) is -2.43. The minimum Gasteiger partial charge on any atom is -0.452 e. The van der Waals surface area contributed by atoms with E-state index in [0.717, 1.165) is 4.90 Å². The third-order valence-corrected chi connectivity index (χ3v) is 6.58. The van der Waals surface area contributed by atoms with Gasteiger partial charge in [-0.05, 0) is 38.0 Å². The number of rotatable bonds is 5. The molecule has 4 rings (SSSR count). The van der Waals surface area contributed by atoms with Gasteiger partial charge in [0.1, 0.15) is 5.76 Å². The highest BCUT2D eigenvalue weighted by Crippen LogP contribution is 2.43. The molecule has 3 amide bonds. The minimum atomic E-state index is -0.781. The average Bonchev–Trinajstić information content (AvgIpc) is 3.27. The quantitative estimate of drug-likeness (QED) is 0.397. The molecule has 2 aromatic rings. The Bertz CT molecular complexity index is 1060. The van der Waals surface area contributed by atoms with E-state index in [0.29, 0.717) is 18.6 Å². The summed E-state index contributed by atoms with van der Waals surface area (Å²) in [7, 11) is 0. The summed E-state index contributed by atoms with van der Waals surface area (Å²) in [6.45, 7) is 1.12. The van der Waals surface area contributed by atoms with Gasteiger partial charge in [-0.1, -0.05) is 11.2 Å². The second-order valence-electron chi connectivity index (χ2n) is 7.73. The van der Waals surface area contributed by atoms with Crippen LogP contribution in [0, 0.1) is 18.8 Å². The number of aryl methyl sites for hydroxylation is 1. The summed E-state index contributed by atoms with van der Waals surface area (Å²) in [4.78, 5) is 51.2. The molecule has 1 saturated heterocycles. The first kappa shape index (κ1) is 22.3. The van der Waals surface area contributed by atoms with Crippen molar-refractivity contribution >= 4 is 58.4 Å². The second-order valence-corrected chi connectivity index (χ2v) is 8.85. The fourth-order valence-electron chi connectivity index (χ4n) is 3.94. The maximum Gasteiger partial charge on any atom is 0.338 e. The number of nitrogens with one attached hydrogen (secondary N) is 1. The van der Waals surface area contributed by atoms with Gasteiger partial charge < -0.3 is 14.6 Å². The van der Waals surface area contributed by atoms with Crippen LogP contribution in [-0.2, 0) is 19.1 Å². The number of carbonyl (C=O) groups is 4. The van der Waals surface area contributed by atoms with Crippen LogP contribution in [0.15, 0.2) is 34.9 Å². The Morgan fingerprint density at radius 2 is 1.81 bits per heavy atom. The number of esters is 1. The molecule has 1 saturated carbocycles. The van der Waals surface area contributed by atoms with Crippen LogP contribution in [0.3, 0.4) is 0 Å². The minimum absolute atomic E-state index is 0.0912. The van der Waals surface area contributed by atoms with Crippen molar-refractivity contribution < 1.29 is 28.4 Å². The SMILES string of the molecule is Cc1cc(NC(=O)COC(=O)c2cccc(N3C(=O)[C@H]4C[C@H](Cl)[C@@H](Cl)C[C@H]4C3=O)c2)no1. The molecule has 1 aromatic heterocycles. The standard InChI is InChI=1S/C21H19Cl2N3O6/c1-10-5-17(25-32-10)24-18(27)9-31-21(30)11-3-2-4-12(6-11)26-19(28)13-7-15(22)16(23)8-14(13)20(26)29/h2-6,13-16H,7-9H2,1H3,(H,24,25,27)/t13-,14+,15-,16-/m0/s1. The van der Waals surface area contributed by atoms with Gasteiger partial charge in [0.05, 0.1) is 33.8 Å². The lowest BCUT2D eigenvalue weighted by molar-refractivity contribution is -0.122. The lowest BCUT2D eigenvalue weighted by atomic mass is 9.80. The summed E-state index contributed by atoms with van der Waals surface area (Å²) in [5, 5.41) is 5.28. The fourth-order valence-corrected chi connectivity index (χ4v) is 4.53. The zero-order valence-corrected chi connectivity index (χ0v) is 18.4. The molecule has 9 nitrogen and oxygen atoms in total. The van der Waals surface area contributed by atoms with Crippen molar-refractivity contribution in [2.45, 2.75) is 30.5 Å². The number of nitrogens with zero attached hydrogens (tertiary/aromatic N) is 2. The number of aromatic nitrogens is 1. The average molecular weight is 480 g/mol. The summed E-state index contributed by atoms with van der Waals surface area (Å²) in [6, 6.07) is 7.45. The van der Waals surface area contributed by atoms with E-state index in [1.165, 1.54) is 24.3 Å². The van der Waals surface area contributed by atoms with Crippen molar-refractivity contribution in [2.75, 3.05) is 16.8 Å². The number of halogens is 2. The highest BCUT2D eigenvalue weighted by Gasteiger charge is 2.52. The Hall–Kier alpha value is -2.91. The van der Waals surface area contributed by atoms with Gasteiger partial charge >= 0.3 is 5.97 Å². The highest BCUT2D eigenvalue weighted by atomic mass is 35.5. The third kappa shape index (κ3) is 4.35. The van der Waals surface area contributed by atoms with Crippen LogP contribution < -0.4 is 10.2 Å². The number of benzene rings is 1. The molecule has 2 fully saturated rings. The first-order valence-electron chi connectivity index (χ1n) is 9.91. The highest BCUT2D eigenvalue weighted by molar-refractivity contribution is 6.31. The molecule has 0 bridgehead atoms. The van der Waals surface area contributed by atoms with Gasteiger partial charge in [0.25, 0.3) is 5.91 Å². The fraction of sp³-hybridized carbons (Fsp3) is 0.381. The van der Waals surface area contributed by atoms with Gasteiger partial charge in [0.2, 0.25) is 11.8 Å². The molecular weight excluding hydrogens is 461 g/mol. The van der Waals surface area contributed by atoms with Crippen molar-refractivity contribution in [2.24, 2.45) is 11.8 Å². The molecular formula is C21H19Cl2N3O6. The molecule has 1 aliphatic carbocycles. The number of alkyl halides is 2. The third-order valence-electron chi connectivity index (χ3n) is 5.48. The van der Waals surface area contributed by atoms with Crippen molar-refractivity contribution in [3.63, 3.8) is 0 Å². The van der Waals surface area contributed by atoms with E-state index < -0.39 is 30.3 Å². The lowest BCUT2D eigenvalue weighted by Crippen LogP contribution is -2.34. The van der Waals surface area contributed by atoms with Gasteiger partial charge in [0, 0.05) is 6.07 Å². The Kier molecular flexibility index (Phi) is 6.21. The first-order valence-corrected chi connectivity index (χ1v) is 10.8. The van der Waals surface area contributed by atoms with E-state index in [2.05, 4.69) is 10.5 Å². The Morgan fingerprint density at radius 3 is 2.41 bits per heavy atom. The number of carbonyl (C=O) groups excluding carboxylic acids is 4. The van der Waals surface area contributed by atoms with E-state index in [-0.39, 0.29) is 39.6 Å².